The normalized spacial score (nSPS) is 22.3. The van der Waals surface area contributed by atoms with Crippen LogP contribution in [0.2, 0.25) is 0 Å². The van der Waals surface area contributed by atoms with Crippen LogP contribution in [0.4, 0.5) is 0 Å². The molecule has 0 saturated heterocycles. The van der Waals surface area contributed by atoms with Gasteiger partial charge in [-0.05, 0) is 50.7 Å². The first-order valence-corrected chi connectivity index (χ1v) is 7.27. The molecule has 1 aliphatic rings. The lowest BCUT2D eigenvalue weighted by atomic mass is 9.87. The molecule has 4 nitrogen and oxygen atoms in total. The van der Waals surface area contributed by atoms with Gasteiger partial charge in [-0.2, -0.15) is 0 Å². The molecule has 0 aliphatic heterocycles. The van der Waals surface area contributed by atoms with Crippen LogP contribution in [0.1, 0.15) is 31.2 Å². The summed E-state index contributed by atoms with van der Waals surface area (Å²) in [5.74, 6) is 1.12. The van der Waals surface area contributed by atoms with Gasteiger partial charge < -0.3 is 15.2 Å². The van der Waals surface area contributed by atoms with Crippen molar-refractivity contribution in [2.75, 3.05) is 13.2 Å². The van der Waals surface area contributed by atoms with Gasteiger partial charge in [0.15, 0.2) is 6.61 Å². The van der Waals surface area contributed by atoms with E-state index in [1.165, 1.54) is 5.56 Å². The van der Waals surface area contributed by atoms with Gasteiger partial charge in [-0.3, -0.25) is 4.79 Å². The number of carbonyl (C=O) groups excluding carboxylic acids is 1. The molecule has 0 bridgehead atoms. The van der Waals surface area contributed by atoms with Crippen molar-refractivity contribution in [3.05, 3.63) is 29.8 Å². The van der Waals surface area contributed by atoms with E-state index >= 15 is 0 Å². The van der Waals surface area contributed by atoms with Gasteiger partial charge in [0, 0.05) is 6.54 Å². The topological polar surface area (TPSA) is 58.6 Å². The quantitative estimate of drug-likeness (QED) is 0.866. The second-order valence-electron chi connectivity index (χ2n) is 5.58. The zero-order chi connectivity index (χ0) is 14.4. The van der Waals surface area contributed by atoms with Crippen molar-refractivity contribution in [3.8, 4) is 5.75 Å². The number of rotatable bonds is 5. The highest BCUT2D eigenvalue weighted by atomic mass is 16.5. The summed E-state index contributed by atoms with van der Waals surface area (Å²) in [5, 5.41) is 12.3. The Bertz CT molecular complexity index is 422. The number of ether oxygens (including phenoxy) is 1. The zero-order valence-electron chi connectivity index (χ0n) is 12.0. The third-order valence-corrected chi connectivity index (χ3v) is 3.80. The predicted octanol–water partition coefficient (Wildman–Crippen LogP) is 2.04. The van der Waals surface area contributed by atoms with Crippen molar-refractivity contribution in [2.45, 2.75) is 38.7 Å². The fourth-order valence-electron chi connectivity index (χ4n) is 2.44. The van der Waals surface area contributed by atoms with Gasteiger partial charge in [0.1, 0.15) is 5.75 Å². The summed E-state index contributed by atoms with van der Waals surface area (Å²) in [5.41, 5.74) is 1.17. The summed E-state index contributed by atoms with van der Waals surface area (Å²) in [6.07, 6.45) is 3.52. The number of aliphatic hydroxyl groups is 1. The van der Waals surface area contributed by atoms with E-state index in [0.717, 1.165) is 25.7 Å². The molecule has 1 amide bonds. The van der Waals surface area contributed by atoms with Gasteiger partial charge in [0.25, 0.3) is 5.91 Å². The summed E-state index contributed by atoms with van der Waals surface area (Å²) >= 11 is 0. The van der Waals surface area contributed by atoms with E-state index in [4.69, 9.17) is 4.74 Å². The van der Waals surface area contributed by atoms with Crippen molar-refractivity contribution in [1.82, 2.24) is 5.32 Å². The summed E-state index contributed by atoms with van der Waals surface area (Å²) in [6, 6.07) is 7.65. The first-order chi connectivity index (χ1) is 9.63. The van der Waals surface area contributed by atoms with E-state index in [0.29, 0.717) is 18.2 Å². The Morgan fingerprint density at radius 3 is 2.55 bits per heavy atom. The fourth-order valence-corrected chi connectivity index (χ4v) is 2.44. The molecule has 0 unspecified atom stereocenters. The monoisotopic (exact) mass is 277 g/mol. The number of aryl methyl sites for hydroxylation is 1. The standard InChI is InChI=1S/C16H23NO3/c1-12-2-8-15(9-3-12)20-11-16(19)17-10-13-4-6-14(18)7-5-13/h2-3,8-9,13-14,18H,4-7,10-11H2,1H3,(H,17,19). The molecule has 0 atom stereocenters. The van der Waals surface area contributed by atoms with Gasteiger partial charge in [0.2, 0.25) is 0 Å². The molecule has 0 spiro atoms. The number of hydrogen-bond donors (Lipinski definition) is 2. The molecule has 110 valence electrons. The molecule has 4 heteroatoms. The predicted molar refractivity (Wildman–Crippen MR) is 77.6 cm³/mol. The summed E-state index contributed by atoms with van der Waals surface area (Å²) in [4.78, 5) is 11.7. The average Bonchev–Trinajstić information content (AvgIpc) is 2.46. The minimum atomic E-state index is -0.146. The largest absolute Gasteiger partial charge is 0.484 e. The number of hydrogen-bond acceptors (Lipinski definition) is 3. The lowest BCUT2D eigenvalue weighted by Gasteiger charge is -2.25. The van der Waals surface area contributed by atoms with Crippen LogP contribution in [0.25, 0.3) is 0 Å². The molecular formula is C16H23NO3. The Hall–Kier alpha value is -1.55. The third-order valence-electron chi connectivity index (χ3n) is 3.80. The van der Waals surface area contributed by atoms with E-state index in [2.05, 4.69) is 5.32 Å². The lowest BCUT2D eigenvalue weighted by molar-refractivity contribution is -0.123. The van der Waals surface area contributed by atoms with Crippen LogP contribution in [0.3, 0.4) is 0 Å². The molecule has 1 aliphatic carbocycles. The van der Waals surface area contributed by atoms with Crippen LogP contribution in [-0.2, 0) is 4.79 Å². The summed E-state index contributed by atoms with van der Waals surface area (Å²) in [6.45, 7) is 2.75. The van der Waals surface area contributed by atoms with Crippen LogP contribution in [0, 0.1) is 12.8 Å². The minimum absolute atomic E-state index is 0.0540. The first kappa shape index (κ1) is 14.9. The first-order valence-electron chi connectivity index (χ1n) is 7.27. The van der Waals surface area contributed by atoms with Crippen molar-refractivity contribution in [2.24, 2.45) is 5.92 Å². The molecule has 1 saturated carbocycles. The number of carbonyl (C=O) groups is 1. The Kier molecular flexibility index (Phi) is 5.41. The van der Waals surface area contributed by atoms with Gasteiger partial charge in [-0.15, -0.1) is 0 Å². The van der Waals surface area contributed by atoms with Gasteiger partial charge in [-0.1, -0.05) is 17.7 Å². The fraction of sp³-hybridized carbons (Fsp3) is 0.562. The molecule has 20 heavy (non-hydrogen) atoms. The highest BCUT2D eigenvalue weighted by Gasteiger charge is 2.19. The average molecular weight is 277 g/mol. The SMILES string of the molecule is Cc1ccc(OCC(=O)NCC2CCC(O)CC2)cc1. The number of amides is 1. The van der Waals surface area contributed by atoms with E-state index in [1.807, 2.05) is 31.2 Å². The highest BCUT2D eigenvalue weighted by molar-refractivity contribution is 5.77. The highest BCUT2D eigenvalue weighted by Crippen LogP contribution is 2.23. The molecule has 0 aromatic heterocycles. The van der Waals surface area contributed by atoms with Crippen molar-refractivity contribution in [3.63, 3.8) is 0 Å². The Morgan fingerprint density at radius 1 is 1.25 bits per heavy atom. The zero-order valence-corrected chi connectivity index (χ0v) is 12.0. The minimum Gasteiger partial charge on any atom is -0.484 e. The van der Waals surface area contributed by atoms with Crippen LogP contribution in [0.15, 0.2) is 24.3 Å². The van der Waals surface area contributed by atoms with E-state index < -0.39 is 0 Å². The molecule has 1 fully saturated rings. The Balaban J connectivity index is 1.64. The van der Waals surface area contributed by atoms with Crippen LogP contribution in [-0.4, -0.2) is 30.3 Å². The smallest absolute Gasteiger partial charge is 0.257 e. The molecule has 1 aromatic rings. The maximum atomic E-state index is 11.7. The van der Waals surface area contributed by atoms with E-state index in [9.17, 15) is 9.90 Å². The molecule has 1 aromatic carbocycles. The van der Waals surface area contributed by atoms with Crippen molar-refractivity contribution in [1.29, 1.82) is 0 Å². The molecule has 0 radical (unpaired) electrons. The number of aliphatic hydroxyl groups excluding tert-OH is 1. The number of nitrogens with one attached hydrogen (secondary N) is 1. The molecular weight excluding hydrogens is 254 g/mol. The van der Waals surface area contributed by atoms with Gasteiger partial charge in [0.05, 0.1) is 6.10 Å². The molecule has 2 rings (SSSR count). The second kappa shape index (κ2) is 7.29. The van der Waals surface area contributed by atoms with Gasteiger partial charge in [-0.25, -0.2) is 0 Å². The van der Waals surface area contributed by atoms with Crippen molar-refractivity contribution >= 4 is 5.91 Å². The van der Waals surface area contributed by atoms with Crippen LogP contribution < -0.4 is 10.1 Å². The lowest BCUT2D eigenvalue weighted by Crippen LogP contribution is -2.34. The van der Waals surface area contributed by atoms with Crippen LogP contribution >= 0.6 is 0 Å². The Morgan fingerprint density at radius 2 is 1.90 bits per heavy atom. The maximum absolute atomic E-state index is 11.7. The van der Waals surface area contributed by atoms with Crippen molar-refractivity contribution < 1.29 is 14.6 Å². The van der Waals surface area contributed by atoms with E-state index in [-0.39, 0.29) is 18.6 Å². The number of benzene rings is 1. The molecule has 2 N–H and O–H groups in total. The maximum Gasteiger partial charge on any atom is 0.257 e. The Labute approximate surface area is 120 Å². The third kappa shape index (κ3) is 4.85. The second-order valence-corrected chi connectivity index (χ2v) is 5.58. The van der Waals surface area contributed by atoms with Crippen LogP contribution in [0.5, 0.6) is 5.75 Å². The van der Waals surface area contributed by atoms with Gasteiger partial charge >= 0.3 is 0 Å². The van der Waals surface area contributed by atoms with E-state index in [1.54, 1.807) is 0 Å². The molecule has 0 heterocycles. The summed E-state index contributed by atoms with van der Waals surface area (Å²) < 4.78 is 5.43. The summed E-state index contributed by atoms with van der Waals surface area (Å²) in [7, 11) is 0.